The first-order valence-corrected chi connectivity index (χ1v) is 7.16. The summed E-state index contributed by atoms with van der Waals surface area (Å²) in [6, 6.07) is 11.5. The molecule has 2 rings (SSSR count). The predicted molar refractivity (Wildman–Crippen MR) is 87.6 cm³/mol. The highest BCUT2D eigenvalue weighted by Gasteiger charge is 2.11. The minimum Gasteiger partial charge on any atom is -0.388 e. The van der Waals surface area contributed by atoms with E-state index in [1.807, 2.05) is 57.3 Å². The lowest BCUT2D eigenvalue weighted by atomic mass is 10.1. The maximum atomic E-state index is 12.4. The molecule has 0 aliphatic carbocycles. The van der Waals surface area contributed by atoms with Crippen LogP contribution in [0.4, 0.5) is 11.4 Å². The van der Waals surface area contributed by atoms with Crippen LogP contribution < -0.4 is 10.6 Å². The molecule has 0 aromatic heterocycles. The van der Waals surface area contributed by atoms with Crippen molar-refractivity contribution in [2.24, 2.45) is 0 Å². The van der Waals surface area contributed by atoms with Crippen LogP contribution >= 0.6 is 15.9 Å². The number of aryl methyl sites for hydroxylation is 2. The summed E-state index contributed by atoms with van der Waals surface area (Å²) in [6.07, 6.45) is 0. The van der Waals surface area contributed by atoms with Crippen LogP contribution in [0.15, 0.2) is 40.9 Å². The van der Waals surface area contributed by atoms with Crippen molar-refractivity contribution in [2.75, 3.05) is 17.7 Å². The van der Waals surface area contributed by atoms with E-state index >= 15 is 0 Å². The number of hydrogen-bond acceptors (Lipinski definition) is 2. The number of benzene rings is 2. The first-order chi connectivity index (χ1) is 9.51. The predicted octanol–water partition coefficient (Wildman–Crippen LogP) is 4.36. The average Bonchev–Trinajstić information content (AvgIpc) is 2.42. The first kappa shape index (κ1) is 14.6. The van der Waals surface area contributed by atoms with Crippen molar-refractivity contribution < 1.29 is 4.79 Å². The Morgan fingerprint density at radius 3 is 2.45 bits per heavy atom. The van der Waals surface area contributed by atoms with Crippen molar-refractivity contribution in [1.82, 2.24) is 0 Å². The molecule has 3 nitrogen and oxygen atoms in total. The highest BCUT2D eigenvalue weighted by Crippen LogP contribution is 2.22. The van der Waals surface area contributed by atoms with Crippen molar-refractivity contribution in [1.29, 1.82) is 0 Å². The maximum absolute atomic E-state index is 12.4. The first-order valence-electron chi connectivity index (χ1n) is 6.37. The molecule has 2 N–H and O–H groups in total. The van der Waals surface area contributed by atoms with Gasteiger partial charge in [0.05, 0.1) is 0 Å². The van der Waals surface area contributed by atoms with Gasteiger partial charge >= 0.3 is 0 Å². The zero-order chi connectivity index (χ0) is 14.7. The molecule has 0 atom stereocenters. The summed E-state index contributed by atoms with van der Waals surface area (Å²) in [5, 5.41) is 6.02. The number of nitrogens with one attached hydrogen (secondary N) is 2. The fourth-order valence-electron chi connectivity index (χ4n) is 1.99. The molecule has 0 saturated carbocycles. The van der Waals surface area contributed by atoms with Gasteiger partial charge in [-0.15, -0.1) is 0 Å². The zero-order valence-electron chi connectivity index (χ0n) is 11.8. The molecule has 0 spiro atoms. The van der Waals surface area contributed by atoms with E-state index in [0.29, 0.717) is 5.56 Å². The number of amides is 1. The Morgan fingerprint density at radius 2 is 1.80 bits per heavy atom. The van der Waals surface area contributed by atoms with E-state index in [4.69, 9.17) is 0 Å². The summed E-state index contributed by atoms with van der Waals surface area (Å²) in [5.41, 5.74) is 4.48. The van der Waals surface area contributed by atoms with E-state index in [1.165, 1.54) is 0 Å². The van der Waals surface area contributed by atoms with E-state index in [9.17, 15) is 4.79 Å². The van der Waals surface area contributed by atoms with Crippen LogP contribution in [0.2, 0.25) is 0 Å². The highest BCUT2D eigenvalue weighted by molar-refractivity contribution is 9.10. The van der Waals surface area contributed by atoms with Crippen molar-refractivity contribution in [2.45, 2.75) is 13.8 Å². The second kappa shape index (κ2) is 6.09. The van der Waals surface area contributed by atoms with E-state index < -0.39 is 0 Å². The fraction of sp³-hybridized carbons (Fsp3) is 0.188. The molecule has 4 heteroatoms. The monoisotopic (exact) mass is 332 g/mol. The second-order valence-corrected chi connectivity index (χ2v) is 5.61. The number of carbonyl (C=O) groups is 1. The molecule has 0 aliphatic heterocycles. The third-order valence-electron chi connectivity index (χ3n) is 3.21. The number of rotatable bonds is 3. The molecule has 104 valence electrons. The van der Waals surface area contributed by atoms with Gasteiger partial charge in [-0.25, -0.2) is 0 Å². The molecular weight excluding hydrogens is 316 g/mol. The van der Waals surface area contributed by atoms with Gasteiger partial charge in [-0.3, -0.25) is 4.79 Å². The summed E-state index contributed by atoms with van der Waals surface area (Å²) in [4.78, 5) is 12.4. The summed E-state index contributed by atoms with van der Waals surface area (Å²) in [5.74, 6) is -0.0913. The van der Waals surface area contributed by atoms with Crippen LogP contribution in [0, 0.1) is 13.8 Å². The normalized spacial score (nSPS) is 10.2. The Balaban J connectivity index is 2.26. The van der Waals surface area contributed by atoms with Crippen molar-refractivity contribution in [3.8, 4) is 0 Å². The Bertz CT molecular complexity index is 653. The van der Waals surface area contributed by atoms with Crippen LogP contribution in [-0.4, -0.2) is 13.0 Å². The van der Waals surface area contributed by atoms with Crippen LogP contribution in [0.25, 0.3) is 0 Å². The van der Waals surface area contributed by atoms with Crippen molar-refractivity contribution in [3.63, 3.8) is 0 Å². The number of halogens is 1. The number of anilines is 2. The SMILES string of the molecule is CNc1ccc(C(=O)Nc2cc(Br)ccc2C)c(C)c1. The molecule has 0 bridgehead atoms. The second-order valence-electron chi connectivity index (χ2n) is 4.69. The van der Waals surface area contributed by atoms with Gasteiger partial charge in [-0.2, -0.15) is 0 Å². The molecular formula is C16H17BrN2O. The quantitative estimate of drug-likeness (QED) is 0.876. The fourth-order valence-corrected chi connectivity index (χ4v) is 2.35. The lowest BCUT2D eigenvalue weighted by molar-refractivity contribution is 0.102. The smallest absolute Gasteiger partial charge is 0.255 e. The largest absolute Gasteiger partial charge is 0.388 e. The highest BCUT2D eigenvalue weighted by atomic mass is 79.9. The molecule has 0 saturated heterocycles. The molecule has 0 radical (unpaired) electrons. The van der Waals surface area contributed by atoms with Gasteiger partial charge in [-0.05, 0) is 55.3 Å². The summed E-state index contributed by atoms with van der Waals surface area (Å²) in [7, 11) is 1.86. The lowest BCUT2D eigenvalue weighted by Gasteiger charge is -2.11. The van der Waals surface area contributed by atoms with Crippen LogP contribution in [-0.2, 0) is 0 Å². The Hall–Kier alpha value is -1.81. The van der Waals surface area contributed by atoms with Gasteiger partial charge in [-0.1, -0.05) is 22.0 Å². The minimum absolute atomic E-state index is 0.0913. The summed E-state index contributed by atoms with van der Waals surface area (Å²) >= 11 is 3.42. The number of carbonyl (C=O) groups excluding carboxylic acids is 1. The van der Waals surface area contributed by atoms with E-state index in [1.54, 1.807) is 0 Å². The standard InChI is InChI=1S/C16H17BrN2O/c1-10-4-5-12(17)9-15(10)19-16(20)14-7-6-13(18-3)8-11(14)2/h4-9,18H,1-3H3,(H,19,20). The maximum Gasteiger partial charge on any atom is 0.255 e. The Kier molecular flexibility index (Phi) is 4.45. The van der Waals surface area contributed by atoms with Gasteiger partial charge in [0.25, 0.3) is 5.91 Å². The molecule has 0 heterocycles. The molecule has 0 aliphatic rings. The molecule has 1 amide bonds. The third kappa shape index (κ3) is 3.20. The molecule has 0 unspecified atom stereocenters. The Labute approximate surface area is 127 Å². The lowest BCUT2D eigenvalue weighted by Crippen LogP contribution is -2.14. The van der Waals surface area contributed by atoms with Crippen LogP contribution in [0.1, 0.15) is 21.5 Å². The Morgan fingerprint density at radius 1 is 1.05 bits per heavy atom. The van der Waals surface area contributed by atoms with Gasteiger partial charge in [0.1, 0.15) is 0 Å². The van der Waals surface area contributed by atoms with Gasteiger partial charge in [0.15, 0.2) is 0 Å². The van der Waals surface area contributed by atoms with Gasteiger partial charge < -0.3 is 10.6 Å². The summed E-state index contributed by atoms with van der Waals surface area (Å²) in [6.45, 7) is 3.91. The van der Waals surface area contributed by atoms with Crippen molar-refractivity contribution in [3.05, 3.63) is 57.6 Å². The van der Waals surface area contributed by atoms with Crippen LogP contribution in [0.3, 0.4) is 0 Å². The summed E-state index contributed by atoms with van der Waals surface area (Å²) < 4.78 is 0.945. The zero-order valence-corrected chi connectivity index (χ0v) is 13.3. The topological polar surface area (TPSA) is 41.1 Å². The van der Waals surface area contributed by atoms with Crippen molar-refractivity contribution >= 4 is 33.2 Å². The third-order valence-corrected chi connectivity index (χ3v) is 3.70. The van der Waals surface area contributed by atoms with E-state index in [-0.39, 0.29) is 5.91 Å². The minimum atomic E-state index is -0.0913. The van der Waals surface area contributed by atoms with Gasteiger partial charge in [0, 0.05) is 28.5 Å². The average molecular weight is 333 g/mol. The number of hydrogen-bond donors (Lipinski definition) is 2. The molecule has 20 heavy (non-hydrogen) atoms. The van der Waals surface area contributed by atoms with E-state index in [2.05, 4.69) is 26.6 Å². The molecule has 2 aromatic rings. The van der Waals surface area contributed by atoms with Gasteiger partial charge in [0.2, 0.25) is 0 Å². The molecule has 0 fully saturated rings. The van der Waals surface area contributed by atoms with Crippen LogP contribution in [0.5, 0.6) is 0 Å². The van der Waals surface area contributed by atoms with E-state index in [0.717, 1.165) is 27.0 Å². The molecule has 2 aromatic carbocycles.